The molecule has 0 N–H and O–H groups in total. The summed E-state index contributed by atoms with van der Waals surface area (Å²) in [6.45, 7) is 0. The number of carbonyl (C=O) groups excluding carboxylic acids is 1. The molecule has 2 nitrogen and oxygen atoms in total. The summed E-state index contributed by atoms with van der Waals surface area (Å²) >= 11 is 1.58. The van der Waals surface area contributed by atoms with E-state index >= 15 is 0 Å². The summed E-state index contributed by atoms with van der Waals surface area (Å²) in [5, 5.41) is 2.90. The van der Waals surface area contributed by atoms with Gasteiger partial charge in [-0.2, -0.15) is 0 Å². The minimum Gasteiger partial charge on any atom is -0.299 e. The van der Waals surface area contributed by atoms with Gasteiger partial charge in [0.05, 0.1) is 11.4 Å². The van der Waals surface area contributed by atoms with Crippen LogP contribution in [0.2, 0.25) is 0 Å². The fourth-order valence-corrected chi connectivity index (χ4v) is 4.24. The number of thiazole rings is 1. The van der Waals surface area contributed by atoms with Crippen molar-refractivity contribution in [2.24, 2.45) is 11.8 Å². The molecule has 0 saturated heterocycles. The lowest BCUT2D eigenvalue weighted by atomic mass is 9.92. The summed E-state index contributed by atoms with van der Waals surface area (Å²) in [7, 11) is 0. The summed E-state index contributed by atoms with van der Waals surface area (Å²) < 4.78 is 0. The molecule has 1 fully saturated rings. The van der Waals surface area contributed by atoms with Crippen molar-refractivity contribution in [1.29, 1.82) is 0 Å². The zero-order valence-corrected chi connectivity index (χ0v) is 11.4. The highest BCUT2D eigenvalue weighted by Gasteiger charge is 2.56. The molecule has 0 radical (unpaired) electrons. The third-order valence-corrected chi connectivity index (χ3v) is 5.29. The summed E-state index contributed by atoms with van der Waals surface area (Å²) in [6, 6.07) is 8.63. The second kappa shape index (κ2) is 4.27. The van der Waals surface area contributed by atoms with E-state index in [0.29, 0.717) is 24.0 Å². The first-order chi connectivity index (χ1) is 9.34. The van der Waals surface area contributed by atoms with Gasteiger partial charge in [0.2, 0.25) is 0 Å². The fourth-order valence-electron chi connectivity index (χ4n) is 3.61. The second-order valence-corrected chi connectivity index (χ2v) is 6.50. The number of hydrogen-bond acceptors (Lipinski definition) is 3. The molecule has 0 amide bonds. The fraction of sp³-hybridized carbons (Fsp3) is 0.375. The number of aryl methyl sites for hydroxylation is 1. The third-order valence-electron chi connectivity index (χ3n) is 4.51. The van der Waals surface area contributed by atoms with Crippen LogP contribution in [0.15, 0.2) is 35.8 Å². The number of carbonyl (C=O) groups is 1. The molecule has 0 spiro atoms. The van der Waals surface area contributed by atoms with E-state index < -0.39 is 0 Å². The predicted octanol–water partition coefficient (Wildman–Crippen LogP) is 3.23. The van der Waals surface area contributed by atoms with E-state index in [1.54, 1.807) is 17.5 Å². The van der Waals surface area contributed by atoms with Crippen LogP contribution in [0.3, 0.4) is 0 Å². The van der Waals surface area contributed by atoms with Crippen LogP contribution in [0.25, 0.3) is 0 Å². The van der Waals surface area contributed by atoms with Gasteiger partial charge in [0, 0.05) is 17.5 Å². The molecule has 2 aliphatic rings. The molecular weight excluding hydrogens is 254 g/mol. The molecule has 2 aromatic rings. The molecule has 0 bridgehead atoms. The lowest BCUT2D eigenvalue weighted by Gasteiger charge is -2.13. The summed E-state index contributed by atoms with van der Waals surface area (Å²) in [6.07, 6.45) is 4.62. The molecule has 1 aromatic heterocycles. The minimum atomic E-state index is 0.257. The molecule has 3 atom stereocenters. The number of Topliss-reactive ketones (excluding diaryl/α,β-unsaturated/α-hetero) is 1. The van der Waals surface area contributed by atoms with Crippen molar-refractivity contribution in [3.63, 3.8) is 0 Å². The Labute approximate surface area is 116 Å². The maximum Gasteiger partial charge on any atom is 0.143 e. The van der Waals surface area contributed by atoms with Gasteiger partial charge in [-0.3, -0.25) is 4.79 Å². The SMILES string of the molecule is O=C(Cc1nccs1)C1C2CCc3ccccc3C21. The Balaban J connectivity index is 1.55. The zero-order chi connectivity index (χ0) is 12.8. The zero-order valence-electron chi connectivity index (χ0n) is 10.6. The molecule has 0 aliphatic heterocycles. The topological polar surface area (TPSA) is 30.0 Å². The number of rotatable bonds is 3. The lowest BCUT2D eigenvalue weighted by molar-refractivity contribution is -0.120. The van der Waals surface area contributed by atoms with Gasteiger partial charge in [-0.25, -0.2) is 4.98 Å². The van der Waals surface area contributed by atoms with Crippen LogP contribution in [0, 0.1) is 11.8 Å². The van der Waals surface area contributed by atoms with Gasteiger partial charge in [0.15, 0.2) is 0 Å². The van der Waals surface area contributed by atoms with Gasteiger partial charge in [0.25, 0.3) is 0 Å². The molecule has 4 rings (SSSR count). The third kappa shape index (κ3) is 1.84. The maximum atomic E-state index is 12.4. The molecule has 1 aromatic carbocycles. The summed E-state index contributed by atoms with van der Waals surface area (Å²) in [4.78, 5) is 16.6. The predicted molar refractivity (Wildman–Crippen MR) is 75.3 cm³/mol. The van der Waals surface area contributed by atoms with Gasteiger partial charge in [-0.1, -0.05) is 24.3 Å². The van der Waals surface area contributed by atoms with Gasteiger partial charge >= 0.3 is 0 Å². The number of ketones is 1. The van der Waals surface area contributed by atoms with E-state index in [1.165, 1.54) is 17.5 Å². The highest BCUT2D eigenvalue weighted by atomic mass is 32.1. The van der Waals surface area contributed by atoms with E-state index in [1.807, 2.05) is 5.38 Å². The van der Waals surface area contributed by atoms with Crippen molar-refractivity contribution in [2.75, 3.05) is 0 Å². The first kappa shape index (κ1) is 11.4. The maximum absolute atomic E-state index is 12.4. The Morgan fingerprint density at radius 1 is 1.37 bits per heavy atom. The van der Waals surface area contributed by atoms with E-state index in [9.17, 15) is 4.79 Å². The Morgan fingerprint density at radius 2 is 2.26 bits per heavy atom. The number of fused-ring (bicyclic) bond motifs is 3. The average molecular weight is 269 g/mol. The molecule has 3 unspecified atom stereocenters. The van der Waals surface area contributed by atoms with Crippen molar-refractivity contribution < 1.29 is 4.79 Å². The molecular formula is C16H15NOS. The largest absolute Gasteiger partial charge is 0.299 e. The Kier molecular flexibility index (Phi) is 2.55. The second-order valence-electron chi connectivity index (χ2n) is 5.52. The van der Waals surface area contributed by atoms with E-state index in [0.717, 1.165) is 11.4 Å². The monoisotopic (exact) mass is 269 g/mol. The van der Waals surface area contributed by atoms with Gasteiger partial charge in [-0.05, 0) is 35.8 Å². The van der Waals surface area contributed by atoms with Crippen LogP contribution in [0.5, 0.6) is 0 Å². The van der Waals surface area contributed by atoms with Crippen LogP contribution in [0.4, 0.5) is 0 Å². The molecule has 19 heavy (non-hydrogen) atoms. The lowest BCUT2D eigenvalue weighted by Crippen LogP contribution is -2.06. The van der Waals surface area contributed by atoms with Gasteiger partial charge in [-0.15, -0.1) is 11.3 Å². The van der Waals surface area contributed by atoms with Crippen molar-refractivity contribution >= 4 is 17.1 Å². The quantitative estimate of drug-likeness (QED) is 0.856. The van der Waals surface area contributed by atoms with E-state index in [-0.39, 0.29) is 5.92 Å². The summed E-state index contributed by atoms with van der Waals surface area (Å²) in [5.74, 6) is 1.74. The Bertz CT molecular complexity index is 619. The normalized spacial score (nSPS) is 27.5. The summed E-state index contributed by atoms with van der Waals surface area (Å²) in [5.41, 5.74) is 2.88. The van der Waals surface area contributed by atoms with Crippen molar-refractivity contribution in [3.05, 3.63) is 52.0 Å². The van der Waals surface area contributed by atoms with Crippen LogP contribution in [-0.4, -0.2) is 10.8 Å². The number of nitrogens with zero attached hydrogens (tertiary/aromatic N) is 1. The van der Waals surface area contributed by atoms with Crippen molar-refractivity contribution in [2.45, 2.75) is 25.2 Å². The van der Waals surface area contributed by atoms with Gasteiger partial charge < -0.3 is 0 Å². The smallest absolute Gasteiger partial charge is 0.143 e. The molecule has 3 heteroatoms. The van der Waals surface area contributed by atoms with Crippen LogP contribution >= 0.6 is 11.3 Å². The molecule has 1 saturated carbocycles. The van der Waals surface area contributed by atoms with E-state index in [2.05, 4.69) is 29.2 Å². The van der Waals surface area contributed by atoms with Gasteiger partial charge in [0.1, 0.15) is 5.78 Å². The van der Waals surface area contributed by atoms with Crippen LogP contribution in [-0.2, 0) is 17.6 Å². The number of aromatic nitrogens is 1. The standard InChI is InChI=1S/C16H15NOS/c18-13(9-14-17-7-8-19-14)16-12-6-5-10-3-1-2-4-11(10)15(12)16/h1-4,7-8,12,15-16H,5-6,9H2. The number of benzene rings is 1. The minimum absolute atomic E-state index is 0.257. The highest BCUT2D eigenvalue weighted by molar-refractivity contribution is 7.09. The first-order valence-electron chi connectivity index (χ1n) is 6.83. The van der Waals surface area contributed by atoms with Crippen molar-refractivity contribution in [1.82, 2.24) is 4.98 Å². The van der Waals surface area contributed by atoms with Crippen molar-refractivity contribution in [3.8, 4) is 0 Å². The average Bonchev–Trinajstić information content (AvgIpc) is 2.98. The molecule has 1 heterocycles. The highest BCUT2D eigenvalue weighted by Crippen LogP contribution is 2.60. The Hall–Kier alpha value is -1.48. The Morgan fingerprint density at radius 3 is 3.11 bits per heavy atom. The van der Waals surface area contributed by atoms with Crippen LogP contribution in [0.1, 0.15) is 28.5 Å². The van der Waals surface area contributed by atoms with E-state index in [4.69, 9.17) is 0 Å². The molecule has 96 valence electrons. The van der Waals surface area contributed by atoms with Crippen LogP contribution < -0.4 is 0 Å². The first-order valence-corrected chi connectivity index (χ1v) is 7.71. The molecule has 2 aliphatic carbocycles. The number of hydrogen-bond donors (Lipinski definition) is 0.